The average Bonchev–Trinajstić information content (AvgIpc) is 2.98. The standard InChI is InChI=1S/C14H11ClO5/c15-12-3-10-6-18-8-20-13(10)11(4-12)7-19-14(16)9-1-2-17-5-9/h1-5H,6-8H2. The number of fused-ring (bicyclic) bond motifs is 1. The van der Waals surface area contributed by atoms with Gasteiger partial charge in [0.05, 0.1) is 18.4 Å². The normalized spacial score (nSPS) is 13.4. The van der Waals surface area contributed by atoms with Gasteiger partial charge in [-0.25, -0.2) is 4.79 Å². The molecule has 0 amide bonds. The molecular formula is C14H11ClO5. The van der Waals surface area contributed by atoms with Crippen LogP contribution in [0.2, 0.25) is 5.02 Å². The third kappa shape index (κ3) is 2.64. The molecular weight excluding hydrogens is 284 g/mol. The molecule has 0 saturated heterocycles. The number of hydrogen-bond donors (Lipinski definition) is 0. The minimum atomic E-state index is -0.459. The second-order valence-electron chi connectivity index (χ2n) is 4.25. The molecule has 0 radical (unpaired) electrons. The fraction of sp³-hybridized carbons (Fsp3) is 0.214. The van der Waals surface area contributed by atoms with E-state index in [1.54, 1.807) is 18.2 Å². The summed E-state index contributed by atoms with van der Waals surface area (Å²) in [5.41, 5.74) is 1.93. The van der Waals surface area contributed by atoms with E-state index in [1.807, 2.05) is 0 Å². The summed E-state index contributed by atoms with van der Waals surface area (Å²) in [7, 11) is 0. The topological polar surface area (TPSA) is 57.9 Å². The van der Waals surface area contributed by atoms with Gasteiger partial charge in [-0.2, -0.15) is 0 Å². The Hall–Kier alpha value is -1.98. The van der Waals surface area contributed by atoms with Crippen molar-refractivity contribution in [3.63, 3.8) is 0 Å². The third-order valence-electron chi connectivity index (χ3n) is 2.87. The largest absolute Gasteiger partial charge is 0.472 e. The first-order valence-electron chi connectivity index (χ1n) is 5.95. The SMILES string of the molecule is O=C(OCc1cc(Cl)cc2c1OCOC2)c1ccoc1. The molecule has 2 aromatic rings. The maximum atomic E-state index is 11.8. The first kappa shape index (κ1) is 13.0. The van der Waals surface area contributed by atoms with Crippen molar-refractivity contribution in [1.82, 2.24) is 0 Å². The van der Waals surface area contributed by atoms with Crippen LogP contribution in [-0.2, 0) is 22.7 Å². The zero-order valence-electron chi connectivity index (χ0n) is 10.4. The molecule has 5 nitrogen and oxygen atoms in total. The number of furan rings is 1. The predicted molar refractivity (Wildman–Crippen MR) is 69.6 cm³/mol. The maximum absolute atomic E-state index is 11.8. The molecule has 6 heteroatoms. The molecule has 0 bridgehead atoms. The van der Waals surface area contributed by atoms with Crippen molar-refractivity contribution in [1.29, 1.82) is 0 Å². The molecule has 0 fully saturated rings. The van der Waals surface area contributed by atoms with Crippen molar-refractivity contribution < 1.29 is 23.4 Å². The Labute approximate surface area is 120 Å². The van der Waals surface area contributed by atoms with Crippen molar-refractivity contribution >= 4 is 17.6 Å². The van der Waals surface area contributed by atoms with Gasteiger partial charge in [0.1, 0.15) is 18.6 Å². The molecule has 20 heavy (non-hydrogen) atoms. The second kappa shape index (κ2) is 5.56. The van der Waals surface area contributed by atoms with Gasteiger partial charge in [0.15, 0.2) is 6.79 Å². The quantitative estimate of drug-likeness (QED) is 0.814. The molecule has 3 rings (SSSR count). The lowest BCUT2D eigenvalue weighted by atomic mass is 10.1. The van der Waals surface area contributed by atoms with E-state index in [9.17, 15) is 4.79 Å². The molecule has 0 atom stereocenters. The van der Waals surface area contributed by atoms with Crippen LogP contribution in [-0.4, -0.2) is 12.8 Å². The van der Waals surface area contributed by atoms with E-state index in [1.165, 1.54) is 12.5 Å². The molecule has 0 unspecified atom stereocenters. The lowest BCUT2D eigenvalue weighted by Crippen LogP contribution is -2.14. The van der Waals surface area contributed by atoms with Crippen molar-refractivity contribution in [2.24, 2.45) is 0 Å². The van der Waals surface area contributed by atoms with Crippen LogP contribution in [0.4, 0.5) is 0 Å². The van der Waals surface area contributed by atoms with Gasteiger partial charge >= 0.3 is 5.97 Å². The number of benzene rings is 1. The first-order valence-corrected chi connectivity index (χ1v) is 6.33. The van der Waals surface area contributed by atoms with E-state index >= 15 is 0 Å². The van der Waals surface area contributed by atoms with Crippen LogP contribution in [0.5, 0.6) is 5.75 Å². The molecule has 0 saturated carbocycles. The zero-order valence-corrected chi connectivity index (χ0v) is 11.2. The van der Waals surface area contributed by atoms with E-state index in [4.69, 9.17) is 30.2 Å². The maximum Gasteiger partial charge on any atom is 0.341 e. The monoisotopic (exact) mass is 294 g/mol. The highest BCUT2D eigenvalue weighted by Gasteiger charge is 2.18. The van der Waals surface area contributed by atoms with E-state index in [-0.39, 0.29) is 13.4 Å². The zero-order chi connectivity index (χ0) is 13.9. The number of halogens is 1. The minimum absolute atomic E-state index is 0.0763. The highest BCUT2D eigenvalue weighted by Crippen LogP contribution is 2.32. The first-order chi connectivity index (χ1) is 9.74. The molecule has 0 spiro atoms. The molecule has 2 heterocycles. The fourth-order valence-corrected chi connectivity index (χ4v) is 2.23. The van der Waals surface area contributed by atoms with Crippen molar-refractivity contribution in [3.8, 4) is 5.75 Å². The van der Waals surface area contributed by atoms with E-state index < -0.39 is 5.97 Å². The van der Waals surface area contributed by atoms with E-state index in [2.05, 4.69) is 0 Å². The molecule has 0 aliphatic carbocycles. The van der Waals surface area contributed by atoms with E-state index in [0.717, 1.165) is 5.56 Å². The number of rotatable bonds is 3. The summed E-state index contributed by atoms with van der Waals surface area (Å²) in [6, 6.07) is 5.03. The van der Waals surface area contributed by atoms with E-state index in [0.29, 0.717) is 28.5 Å². The van der Waals surface area contributed by atoms with Gasteiger partial charge in [-0.05, 0) is 18.2 Å². The van der Waals surface area contributed by atoms with Gasteiger partial charge in [0, 0.05) is 16.1 Å². The van der Waals surface area contributed by atoms with Crippen molar-refractivity contribution in [2.45, 2.75) is 13.2 Å². The lowest BCUT2D eigenvalue weighted by Gasteiger charge is -2.21. The number of carbonyl (C=O) groups excluding carboxylic acids is 1. The summed E-state index contributed by atoms with van der Waals surface area (Å²) in [4.78, 5) is 11.8. The van der Waals surface area contributed by atoms with Crippen LogP contribution >= 0.6 is 11.6 Å². The number of hydrogen-bond acceptors (Lipinski definition) is 5. The molecule has 0 N–H and O–H groups in total. The van der Waals surface area contributed by atoms with Crippen LogP contribution < -0.4 is 4.74 Å². The second-order valence-corrected chi connectivity index (χ2v) is 4.69. The summed E-state index contributed by atoms with van der Waals surface area (Å²) < 4.78 is 20.7. The van der Waals surface area contributed by atoms with Gasteiger partial charge in [-0.15, -0.1) is 0 Å². The smallest absolute Gasteiger partial charge is 0.341 e. The van der Waals surface area contributed by atoms with Crippen LogP contribution in [0.1, 0.15) is 21.5 Å². The number of carbonyl (C=O) groups is 1. The van der Waals surface area contributed by atoms with Gasteiger partial charge in [-0.1, -0.05) is 11.6 Å². The van der Waals surface area contributed by atoms with Gasteiger partial charge in [0.2, 0.25) is 0 Å². The Bertz CT molecular complexity index is 621. The summed E-state index contributed by atoms with van der Waals surface area (Å²) in [5, 5.41) is 0.548. The predicted octanol–water partition coefficient (Wildman–Crippen LogP) is 3.16. The van der Waals surface area contributed by atoms with Gasteiger partial charge in [-0.3, -0.25) is 0 Å². The van der Waals surface area contributed by atoms with Crippen LogP contribution in [0.15, 0.2) is 35.1 Å². The molecule has 1 aliphatic rings. The highest BCUT2D eigenvalue weighted by molar-refractivity contribution is 6.30. The van der Waals surface area contributed by atoms with Gasteiger partial charge < -0.3 is 18.6 Å². The molecule has 1 aromatic heterocycles. The molecule has 1 aromatic carbocycles. The van der Waals surface area contributed by atoms with Crippen molar-refractivity contribution in [2.75, 3.05) is 6.79 Å². The summed E-state index contributed by atoms with van der Waals surface area (Å²) >= 11 is 6.03. The number of ether oxygens (including phenoxy) is 3. The summed E-state index contributed by atoms with van der Waals surface area (Å²) in [5.74, 6) is 0.208. The van der Waals surface area contributed by atoms with Crippen LogP contribution in [0, 0.1) is 0 Å². The minimum Gasteiger partial charge on any atom is -0.472 e. The number of esters is 1. The third-order valence-corrected chi connectivity index (χ3v) is 3.09. The Morgan fingerprint density at radius 1 is 1.40 bits per heavy atom. The molecule has 104 valence electrons. The lowest BCUT2D eigenvalue weighted by molar-refractivity contribution is -0.0180. The van der Waals surface area contributed by atoms with Crippen LogP contribution in [0.25, 0.3) is 0 Å². The summed E-state index contributed by atoms with van der Waals surface area (Å²) in [6.07, 6.45) is 2.75. The average molecular weight is 295 g/mol. The fourth-order valence-electron chi connectivity index (χ4n) is 1.97. The molecule has 1 aliphatic heterocycles. The van der Waals surface area contributed by atoms with Crippen LogP contribution in [0.3, 0.4) is 0 Å². The van der Waals surface area contributed by atoms with Crippen molar-refractivity contribution in [3.05, 3.63) is 52.4 Å². The Kier molecular flexibility index (Phi) is 3.62. The highest BCUT2D eigenvalue weighted by atomic mass is 35.5. The Morgan fingerprint density at radius 2 is 2.30 bits per heavy atom. The van der Waals surface area contributed by atoms with Gasteiger partial charge in [0.25, 0.3) is 0 Å². The Balaban J connectivity index is 1.77. The Morgan fingerprint density at radius 3 is 3.10 bits per heavy atom. The summed E-state index contributed by atoms with van der Waals surface area (Å²) in [6.45, 7) is 0.683.